The molecule has 0 saturated heterocycles. The minimum absolute atomic E-state index is 0.213. The molecule has 0 radical (unpaired) electrons. The molecule has 17 heavy (non-hydrogen) atoms. The average molecular weight is 241 g/mol. The van der Waals surface area contributed by atoms with E-state index in [4.69, 9.17) is 9.84 Å². The van der Waals surface area contributed by atoms with Gasteiger partial charge in [0, 0.05) is 0 Å². The molecule has 0 aliphatic rings. The van der Waals surface area contributed by atoms with Crippen LogP contribution in [-0.2, 0) is 26.2 Å². The Bertz CT molecular complexity index is 425. The van der Waals surface area contributed by atoms with Gasteiger partial charge in [-0.25, -0.2) is 4.98 Å². The van der Waals surface area contributed by atoms with Crippen molar-refractivity contribution in [1.82, 2.24) is 15.2 Å². The summed E-state index contributed by atoms with van der Waals surface area (Å²) in [4.78, 5) is 26.1. The van der Waals surface area contributed by atoms with Gasteiger partial charge < -0.3 is 9.84 Å². The fraction of sp³-hybridized carbons (Fsp3) is 0.600. The van der Waals surface area contributed by atoms with Crippen molar-refractivity contribution in [1.29, 1.82) is 0 Å². The predicted molar refractivity (Wildman–Crippen MR) is 57.4 cm³/mol. The number of aliphatic carboxylic acids is 1. The lowest BCUT2D eigenvalue weighted by Gasteiger charge is -2.18. The number of hydrogen-bond donors (Lipinski definition) is 2. The summed E-state index contributed by atoms with van der Waals surface area (Å²) in [5, 5.41) is 14.9. The summed E-state index contributed by atoms with van der Waals surface area (Å²) in [6.07, 6.45) is -0.258. The molecule has 0 unspecified atom stereocenters. The van der Waals surface area contributed by atoms with Crippen molar-refractivity contribution in [2.75, 3.05) is 6.61 Å². The van der Waals surface area contributed by atoms with Gasteiger partial charge in [-0.15, -0.1) is 0 Å². The number of carbonyl (C=O) groups is 2. The summed E-state index contributed by atoms with van der Waals surface area (Å²) in [6.45, 7) is 5.23. The molecule has 0 atom stereocenters. The molecule has 0 aliphatic heterocycles. The molecule has 0 aromatic carbocycles. The molecular formula is C10H15N3O4. The Kier molecular flexibility index (Phi) is 3.82. The van der Waals surface area contributed by atoms with Crippen molar-refractivity contribution in [3.63, 3.8) is 0 Å². The first-order valence-corrected chi connectivity index (χ1v) is 5.18. The number of carbonyl (C=O) groups excluding carboxylic acids is 1. The number of esters is 1. The number of rotatable bonds is 5. The highest BCUT2D eigenvalue weighted by molar-refractivity contribution is 5.81. The van der Waals surface area contributed by atoms with E-state index >= 15 is 0 Å². The molecule has 0 aliphatic carbocycles. The molecule has 1 heterocycles. The van der Waals surface area contributed by atoms with Gasteiger partial charge in [0.2, 0.25) is 0 Å². The van der Waals surface area contributed by atoms with Crippen LogP contribution in [0.25, 0.3) is 0 Å². The molecule has 2 N–H and O–H groups in total. The maximum atomic E-state index is 11.7. The number of aromatic amines is 1. The molecule has 7 heteroatoms. The number of ether oxygens (including phenoxy) is 1. The van der Waals surface area contributed by atoms with E-state index in [-0.39, 0.29) is 24.7 Å². The Morgan fingerprint density at radius 1 is 1.47 bits per heavy atom. The molecule has 94 valence electrons. The molecule has 0 bridgehead atoms. The van der Waals surface area contributed by atoms with E-state index in [1.165, 1.54) is 0 Å². The quantitative estimate of drug-likeness (QED) is 0.717. The third-order valence-electron chi connectivity index (χ3n) is 2.20. The van der Waals surface area contributed by atoms with E-state index in [0.717, 1.165) is 0 Å². The van der Waals surface area contributed by atoms with Gasteiger partial charge in [-0.3, -0.25) is 14.7 Å². The average Bonchev–Trinajstić information content (AvgIpc) is 2.66. The van der Waals surface area contributed by atoms with Crippen molar-refractivity contribution in [3.05, 3.63) is 11.6 Å². The number of nitrogens with zero attached hydrogens (tertiary/aromatic N) is 2. The minimum Gasteiger partial charge on any atom is -0.481 e. The van der Waals surface area contributed by atoms with Gasteiger partial charge in [-0.05, 0) is 20.8 Å². The van der Waals surface area contributed by atoms with Crippen LogP contribution < -0.4 is 0 Å². The molecule has 0 amide bonds. The first-order valence-electron chi connectivity index (χ1n) is 5.18. The van der Waals surface area contributed by atoms with Gasteiger partial charge in [-0.2, -0.15) is 5.10 Å². The lowest BCUT2D eigenvalue weighted by Crippen LogP contribution is -2.32. The molecule has 1 rings (SSSR count). The van der Waals surface area contributed by atoms with Crippen LogP contribution in [0.3, 0.4) is 0 Å². The maximum Gasteiger partial charge on any atom is 0.319 e. The number of aromatic nitrogens is 3. The zero-order chi connectivity index (χ0) is 13.1. The fourth-order valence-electron chi connectivity index (χ4n) is 1.20. The second-order valence-corrected chi connectivity index (χ2v) is 4.02. The first-order chi connectivity index (χ1) is 7.87. The number of nitrogens with one attached hydrogen (secondary N) is 1. The van der Waals surface area contributed by atoms with Gasteiger partial charge in [0.1, 0.15) is 17.7 Å². The molecule has 7 nitrogen and oxygen atoms in total. The third kappa shape index (κ3) is 3.02. The van der Waals surface area contributed by atoms with Crippen LogP contribution in [-0.4, -0.2) is 38.8 Å². The highest BCUT2D eigenvalue weighted by atomic mass is 16.5. The SMILES string of the molecule is CCOC(=O)C(C)(C)c1n[nH]c(CC(=O)O)n1. The molecule has 0 fully saturated rings. The van der Waals surface area contributed by atoms with Crippen LogP contribution in [0.15, 0.2) is 0 Å². The molecule has 1 aromatic rings. The summed E-state index contributed by atoms with van der Waals surface area (Å²) >= 11 is 0. The Morgan fingerprint density at radius 3 is 2.65 bits per heavy atom. The summed E-state index contributed by atoms with van der Waals surface area (Å²) in [5.74, 6) is -1.01. The van der Waals surface area contributed by atoms with E-state index in [2.05, 4.69) is 15.2 Å². The zero-order valence-electron chi connectivity index (χ0n) is 9.98. The standard InChI is InChI=1S/C10H15N3O4/c1-4-17-9(16)10(2,3)8-11-6(12-13-8)5-7(14)15/h4-5H2,1-3H3,(H,14,15)(H,11,12,13). The molecule has 1 aromatic heterocycles. The third-order valence-corrected chi connectivity index (χ3v) is 2.20. The van der Waals surface area contributed by atoms with E-state index in [0.29, 0.717) is 0 Å². The number of carboxylic acids is 1. The smallest absolute Gasteiger partial charge is 0.319 e. The van der Waals surface area contributed by atoms with Crippen LogP contribution in [0.2, 0.25) is 0 Å². The van der Waals surface area contributed by atoms with Gasteiger partial charge in [0.15, 0.2) is 5.82 Å². The number of H-pyrrole nitrogens is 1. The van der Waals surface area contributed by atoms with Crippen molar-refractivity contribution in [2.45, 2.75) is 32.6 Å². The van der Waals surface area contributed by atoms with Gasteiger partial charge in [0.25, 0.3) is 0 Å². The Hall–Kier alpha value is -1.92. The topological polar surface area (TPSA) is 105 Å². The van der Waals surface area contributed by atoms with E-state index < -0.39 is 17.4 Å². The summed E-state index contributed by atoms with van der Waals surface area (Å²) in [7, 11) is 0. The second-order valence-electron chi connectivity index (χ2n) is 4.02. The Morgan fingerprint density at radius 2 is 2.12 bits per heavy atom. The largest absolute Gasteiger partial charge is 0.481 e. The van der Waals surface area contributed by atoms with Gasteiger partial charge >= 0.3 is 11.9 Å². The second kappa shape index (κ2) is 4.94. The molecule has 0 saturated carbocycles. The summed E-state index contributed by atoms with van der Waals surface area (Å²) in [6, 6.07) is 0. The van der Waals surface area contributed by atoms with Crippen LogP contribution in [0.4, 0.5) is 0 Å². The highest BCUT2D eigenvalue weighted by Gasteiger charge is 2.35. The fourth-order valence-corrected chi connectivity index (χ4v) is 1.20. The van der Waals surface area contributed by atoms with Crippen molar-refractivity contribution >= 4 is 11.9 Å². The summed E-state index contributed by atoms with van der Waals surface area (Å²) in [5.41, 5.74) is -0.997. The van der Waals surface area contributed by atoms with E-state index in [9.17, 15) is 9.59 Å². The summed E-state index contributed by atoms with van der Waals surface area (Å²) < 4.78 is 4.90. The maximum absolute atomic E-state index is 11.7. The van der Waals surface area contributed by atoms with Crippen molar-refractivity contribution < 1.29 is 19.4 Å². The van der Waals surface area contributed by atoms with Crippen LogP contribution >= 0.6 is 0 Å². The number of carboxylic acid groups (broad SMARTS) is 1. The highest BCUT2D eigenvalue weighted by Crippen LogP contribution is 2.21. The van der Waals surface area contributed by atoms with Gasteiger partial charge in [0.05, 0.1) is 6.61 Å². The van der Waals surface area contributed by atoms with Crippen LogP contribution in [0, 0.1) is 0 Å². The first kappa shape index (κ1) is 13.1. The van der Waals surface area contributed by atoms with E-state index in [1.807, 2.05) is 0 Å². The van der Waals surface area contributed by atoms with Crippen LogP contribution in [0.1, 0.15) is 32.4 Å². The molecule has 0 spiro atoms. The van der Waals surface area contributed by atoms with Gasteiger partial charge in [-0.1, -0.05) is 0 Å². The van der Waals surface area contributed by atoms with Crippen molar-refractivity contribution in [3.8, 4) is 0 Å². The molecular weight excluding hydrogens is 226 g/mol. The van der Waals surface area contributed by atoms with E-state index in [1.54, 1.807) is 20.8 Å². The lowest BCUT2D eigenvalue weighted by molar-refractivity contribution is -0.149. The predicted octanol–water partition coefficient (Wildman–Crippen LogP) is 0.272. The normalized spacial score (nSPS) is 11.2. The minimum atomic E-state index is -1.01. The van der Waals surface area contributed by atoms with Crippen molar-refractivity contribution in [2.24, 2.45) is 0 Å². The Balaban J connectivity index is 2.88. The zero-order valence-corrected chi connectivity index (χ0v) is 9.98. The van der Waals surface area contributed by atoms with Crippen LogP contribution in [0.5, 0.6) is 0 Å². The lowest BCUT2D eigenvalue weighted by atomic mass is 9.93. The monoisotopic (exact) mass is 241 g/mol. The number of hydrogen-bond acceptors (Lipinski definition) is 5. The Labute approximate surface area is 98.2 Å².